The monoisotopic (exact) mass is 429 g/mol. The van der Waals surface area contributed by atoms with Crippen molar-refractivity contribution in [3.8, 4) is 11.5 Å². The van der Waals surface area contributed by atoms with Crippen molar-refractivity contribution in [3.05, 3.63) is 63.5 Å². The second kappa shape index (κ2) is 10.7. The summed E-state index contributed by atoms with van der Waals surface area (Å²) in [6.45, 7) is 1.72. The summed E-state index contributed by atoms with van der Waals surface area (Å²) >= 11 is 0. The average Bonchev–Trinajstić information content (AvgIpc) is 2.74. The molecule has 0 radical (unpaired) electrons. The zero-order valence-electron chi connectivity index (χ0n) is 17.3. The van der Waals surface area contributed by atoms with Crippen molar-refractivity contribution in [2.75, 3.05) is 26.1 Å². The highest BCUT2D eigenvalue weighted by atomic mass is 16.6. The van der Waals surface area contributed by atoms with E-state index in [1.807, 2.05) is 6.07 Å². The summed E-state index contributed by atoms with van der Waals surface area (Å²) in [5, 5.41) is 31.2. The highest BCUT2D eigenvalue weighted by molar-refractivity contribution is 6.04. The Morgan fingerprint density at radius 1 is 1.19 bits per heavy atom. The number of aliphatic hydroxyl groups excluding tert-OH is 1. The molecule has 0 aliphatic rings. The van der Waals surface area contributed by atoms with Gasteiger partial charge in [0.25, 0.3) is 11.6 Å². The fourth-order valence-electron chi connectivity index (χ4n) is 2.60. The van der Waals surface area contributed by atoms with Crippen LogP contribution in [0.25, 0.3) is 0 Å². The minimum Gasteiger partial charge on any atom is -0.510 e. The number of rotatable bonds is 9. The van der Waals surface area contributed by atoms with Crippen LogP contribution in [0.5, 0.6) is 11.5 Å². The molecule has 31 heavy (non-hydrogen) atoms. The normalized spacial score (nSPS) is 11.7. The number of carbonyl (C=O) groups is 1. The predicted molar refractivity (Wildman–Crippen MR) is 114 cm³/mol. The van der Waals surface area contributed by atoms with Gasteiger partial charge in [0.2, 0.25) is 0 Å². The van der Waals surface area contributed by atoms with Crippen LogP contribution in [0, 0.1) is 10.1 Å². The number of nitrogens with one attached hydrogen (secondary N) is 1. The molecule has 2 rings (SSSR count). The van der Waals surface area contributed by atoms with Crippen LogP contribution in [0.2, 0.25) is 0 Å². The number of non-ortho nitro benzene ring substituents is 1. The summed E-state index contributed by atoms with van der Waals surface area (Å²) in [6, 6.07) is 8.96. The van der Waals surface area contributed by atoms with Crippen molar-refractivity contribution in [3.63, 3.8) is 0 Å². The second-order valence-corrected chi connectivity index (χ2v) is 6.27. The molecular formula is C20H23N5O6. The van der Waals surface area contributed by atoms with E-state index in [1.165, 1.54) is 39.3 Å². The van der Waals surface area contributed by atoms with Gasteiger partial charge < -0.3 is 25.6 Å². The van der Waals surface area contributed by atoms with Crippen molar-refractivity contribution in [2.45, 2.75) is 13.3 Å². The number of anilines is 1. The summed E-state index contributed by atoms with van der Waals surface area (Å²) in [6.07, 6.45) is 0.605. The Kier molecular flexibility index (Phi) is 8.03. The van der Waals surface area contributed by atoms with E-state index in [4.69, 9.17) is 15.2 Å². The lowest BCUT2D eigenvalue weighted by Gasteiger charge is -2.12. The van der Waals surface area contributed by atoms with E-state index in [0.29, 0.717) is 24.4 Å². The molecule has 11 heteroatoms. The molecule has 0 bridgehead atoms. The van der Waals surface area contributed by atoms with Gasteiger partial charge >= 0.3 is 0 Å². The van der Waals surface area contributed by atoms with Gasteiger partial charge in [0.05, 0.1) is 30.9 Å². The van der Waals surface area contributed by atoms with E-state index in [1.54, 1.807) is 12.1 Å². The Morgan fingerprint density at radius 3 is 2.48 bits per heavy atom. The number of nitrogens with zero attached hydrogens (tertiary/aromatic N) is 3. The van der Waals surface area contributed by atoms with Crippen LogP contribution in [0.15, 0.2) is 58.1 Å². The average molecular weight is 429 g/mol. The molecule has 0 spiro atoms. The maximum atomic E-state index is 12.7. The predicted octanol–water partition coefficient (Wildman–Crippen LogP) is 3.63. The molecule has 4 N–H and O–H groups in total. The van der Waals surface area contributed by atoms with Gasteiger partial charge in [0, 0.05) is 6.07 Å². The van der Waals surface area contributed by atoms with Crippen molar-refractivity contribution in [1.29, 1.82) is 0 Å². The molecule has 0 aromatic heterocycles. The van der Waals surface area contributed by atoms with Crippen LogP contribution in [0.3, 0.4) is 0 Å². The number of aliphatic hydroxyl groups is 1. The minimum atomic E-state index is -0.729. The summed E-state index contributed by atoms with van der Waals surface area (Å²) in [5.74, 6) is -0.602. The van der Waals surface area contributed by atoms with Crippen molar-refractivity contribution >= 4 is 23.0 Å². The Morgan fingerprint density at radius 2 is 1.90 bits per heavy atom. The van der Waals surface area contributed by atoms with Crippen LogP contribution in [-0.4, -0.2) is 36.7 Å². The molecule has 0 unspecified atom stereocenters. The Balaban J connectivity index is 2.32. The fraction of sp³-hybridized carbons (Fsp3) is 0.250. The van der Waals surface area contributed by atoms with Crippen LogP contribution < -0.4 is 20.5 Å². The van der Waals surface area contributed by atoms with Gasteiger partial charge in [0.1, 0.15) is 17.2 Å². The molecule has 0 fully saturated rings. The smallest absolute Gasteiger partial charge is 0.279 e. The number of hydrogen-bond acceptors (Lipinski definition) is 9. The summed E-state index contributed by atoms with van der Waals surface area (Å²) in [4.78, 5) is 23.1. The van der Waals surface area contributed by atoms with Crippen LogP contribution in [0.4, 0.5) is 17.1 Å². The number of nitro groups is 1. The summed E-state index contributed by atoms with van der Waals surface area (Å²) in [7, 11) is 2.78. The first-order valence-corrected chi connectivity index (χ1v) is 9.13. The van der Waals surface area contributed by atoms with Gasteiger partial charge in [-0.05, 0) is 43.7 Å². The largest absolute Gasteiger partial charge is 0.510 e. The van der Waals surface area contributed by atoms with E-state index in [0.717, 1.165) is 5.56 Å². The maximum Gasteiger partial charge on any atom is 0.279 e. The first kappa shape index (κ1) is 23.3. The molecule has 0 aliphatic carbocycles. The molecule has 2 aromatic carbocycles. The molecule has 11 nitrogen and oxygen atoms in total. The van der Waals surface area contributed by atoms with E-state index in [9.17, 15) is 20.0 Å². The van der Waals surface area contributed by atoms with Gasteiger partial charge in [-0.1, -0.05) is 6.07 Å². The molecule has 2 aromatic rings. The quantitative estimate of drug-likeness (QED) is 0.180. The molecule has 0 saturated heterocycles. The number of amides is 1. The number of methoxy groups -OCH3 is 2. The third-order valence-electron chi connectivity index (χ3n) is 4.13. The molecule has 164 valence electrons. The first-order valence-electron chi connectivity index (χ1n) is 9.13. The number of azo groups is 1. The summed E-state index contributed by atoms with van der Waals surface area (Å²) < 4.78 is 10.3. The summed E-state index contributed by atoms with van der Waals surface area (Å²) in [5.41, 5.74) is 6.44. The second-order valence-electron chi connectivity index (χ2n) is 6.27. The molecule has 1 amide bonds. The highest BCUT2D eigenvalue weighted by Gasteiger charge is 2.17. The number of benzene rings is 2. The van der Waals surface area contributed by atoms with E-state index < -0.39 is 10.8 Å². The Bertz CT molecular complexity index is 1030. The van der Waals surface area contributed by atoms with Crippen LogP contribution >= 0.6 is 0 Å². The van der Waals surface area contributed by atoms with E-state index in [-0.39, 0.29) is 28.6 Å². The molecule has 0 atom stereocenters. The lowest BCUT2D eigenvalue weighted by molar-refractivity contribution is -0.384. The third kappa shape index (κ3) is 6.00. The number of nitro benzene ring substituents is 1. The molecule has 0 heterocycles. The molecule has 0 aliphatic heterocycles. The minimum absolute atomic E-state index is 0.0875. The third-order valence-corrected chi connectivity index (χ3v) is 4.13. The van der Waals surface area contributed by atoms with Gasteiger partial charge in [-0.25, -0.2) is 0 Å². The van der Waals surface area contributed by atoms with Crippen LogP contribution in [0.1, 0.15) is 12.5 Å². The van der Waals surface area contributed by atoms with E-state index >= 15 is 0 Å². The topological polar surface area (TPSA) is 162 Å². The number of allylic oxidation sites excluding steroid dienone is 1. The van der Waals surface area contributed by atoms with Crippen molar-refractivity contribution < 1.29 is 24.3 Å². The van der Waals surface area contributed by atoms with Gasteiger partial charge in [-0.15, -0.1) is 10.2 Å². The van der Waals surface area contributed by atoms with Crippen LogP contribution in [-0.2, 0) is 11.2 Å². The SMILES string of the molecule is COc1cc([N+](=O)[O-])ccc1N=N/C(C(=O)Nc1cc(CCN)ccc1OC)=C(\C)O. The number of carbonyl (C=O) groups excluding carboxylic acids is 1. The lowest BCUT2D eigenvalue weighted by Crippen LogP contribution is -2.15. The maximum absolute atomic E-state index is 12.7. The number of ether oxygens (including phenoxy) is 2. The van der Waals surface area contributed by atoms with Crippen molar-refractivity contribution in [2.24, 2.45) is 16.0 Å². The molecular weight excluding hydrogens is 406 g/mol. The Labute approximate surface area is 178 Å². The van der Waals surface area contributed by atoms with Crippen molar-refractivity contribution in [1.82, 2.24) is 0 Å². The zero-order chi connectivity index (χ0) is 23.0. The molecule has 0 saturated carbocycles. The number of hydrogen-bond donors (Lipinski definition) is 3. The lowest BCUT2D eigenvalue weighted by atomic mass is 10.1. The fourth-order valence-corrected chi connectivity index (χ4v) is 2.60. The zero-order valence-corrected chi connectivity index (χ0v) is 17.3. The van der Waals surface area contributed by atoms with Gasteiger partial charge in [0.15, 0.2) is 11.4 Å². The number of nitrogens with two attached hydrogens (primary N) is 1. The highest BCUT2D eigenvalue weighted by Crippen LogP contribution is 2.32. The standard InChI is InChI=1S/C20H23N5O6/c1-12(26)19(24-23-15-6-5-14(25(28)29)11-18(15)31-3)20(27)22-16-10-13(8-9-21)4-7-17(16)30-2/h4-7,10-11,26H,8-9,21H2,1-3H3,(H,22,27)/b19-12+,24-23?. The van der Waals surface area contributed by atoms with Gasteiger partial charge in [-0.2, -0.15) is 0 Å². The van der Waals surface area contributed by atoms with Gasteiger partial charge in [-0.3, -0.25) is 14.9 Å². The van der Waals surface area contributed by atoms with E-state index in [2.05, 4.69) is 15.5 Å². The Hall–Kier alpha value is -3.99. The first-order chi connectivity index (χ1) is 14.8.